The predicted octanol–water partition coefficient (Wildman–Crippen LogP) is 0.255. The first-order valence-corrected chi connectivity index (χ1v) is 14.2. The molecule has 2 fully saturated rings. The van der Waals surface area contributed by atoms with Gasteiger partial charge in [0.15, 0.2) is 0 Å². The third-order valence-electron chi connectivity index (χ3n) is 7.54. The van der Waals surface area contributed by atoms with E-state index in [9.17, 15) is 18.0 Å². The van der Waals surface area contributed by atoms with E-state index in [1.165, 1.54) is 5.56 Å². The summed E-state index contributed by atoms with van der Waals surface area (Å²) in [7, 11) is 2.16. The molecule has 4 atom stereocenters. The summed E-state index contributed by atoms with van der Waals surface area (Å²) in [5.74, 6) is -0.00250. The molecule has 0 heterocycles. The molecule has 2 saturated carbocycles. The van der Waals surface area contributed by atoms with E-state index in [0.29, 0.717) is 24.7 Å². The van der Waals surface area contributed by atoms with Gasteiger partial charge < -0.3 is 9.47 Å². The third-order valence-corrected chi connectivity index (χ3v) is 8.22. The molecule has 184 valence electrons. The van der Waals surface area contributed by atoms with E-state index in [0.717, 1.165) is 61.5 Å². The summed E-state index contributed by atoms with van der Waals surface area (Å²) in [4.78, 5) is 25.5. The van der Waals surface area contributed by atoms with E-state index in [4.69, 9.17) is 14.0 Å². The molecule has 4 unspecified atom stereocenters. The van der Waals surface area contributed by atoms with Crippen LogP contribution in [0.5, 0.6) is 5.75 Å². The molecule has 0 aliphatic heterocycles. The molecule has 2 aliphatic carbocycles. The van der Waals surface area contributed by atoms with Crippen LogP contribution in [-0.2, 0) is 43.4 Å². The van der Waals surface area contributed by atoms with Crippen molar-refractivity contribution in [2.75, 3.05) is 12.4 Å². The first-order chi connectivity index (χ1) is 16.1. The number of benzene rings is 1. The number of carbonyl (C=O) groups is 2. The molecule has 0 saturated heterocycles. The number of hydrogen-bond acceptors (Lipinski definition) is 6. The summed E-state index contributed by atoms with van der Waals surface area (Å²) in [6.45, 7) is -0.324. The maximum atomic E-state index is 13.1. The second kappa shape index (κ2) is 11.8. The molecular formula is C23H35B3O7S. The van der Waals surface area contributed by atoms with E-state index < -0.39 is 21.8 Å². The lowest BCUT2D eigenvalue weighted by molar-refractivity contribution is -0.151. The van der Waals surface area contributed by atoms with Gasteiger partial charge in [-0.3, -0.25) is 14.1 Å². The van der Waals surface area contributed by atoms with Crippen LogP contribution in [-0.4, -0.2) is 60.8 Å². The van der Waals surface area contributed by atoms with Crippen molar-refractivity contribution in [3.05, 3.63) is 28.8 Å². The monoisotopic (exact) mass is 488 g/mol. The SMILES string of the molecule is BCc1cc(CB)c(OC(=O)C2CCC3CC(C(=O)OCCS(=O)(=O)O)CCC3C2)c(CB)c1. The van der Waals surface area contributed by atoms with Crippen molar-refractivity contribution in [2.45, 2.75) is 57.5 Å². The molecule has 7 nitrogen and oxygen atoms in total. The Kier molecular flexibility index (Phi) is 9.32. The van der Waals surface area contributed by atoms with E-state index in [1.807, 2.05) is 0 Å². The number of fused-ring (bicyclic) bond motifs is 1. The van der Waals surface area contributed by atoms with Crippen LogP contribution in [0.1, 0.15) is 55.2 Å². The first kappa shape index (κ1) is 26.9. The summed E-state index contributed by atoms with van der Waals surface area (Å²) in [5.41, 5.74) is 3.44. The van der Waals surface area contributed by atoms with E-state index in [-0.39, 0.29) is 24.4 Å². The minimum absolute atomic E-state index is 0.125. The Bertz CT molecular complexity index is 973. The molecule has 0 aromatic heterocycles. The molecule has 0 bridgehead atoms. The first-order valence-electron chi connectivity index (χ1n) is 12.6. The largest absolute Gasteiger partial charge is 0.464 e. The van der Waals surface area contributed by atoms with Crippen LogP contribution in [0.3, 0.4) is 0 Å². The summed E-state index contributed by atoms with van der Waals surface area (Å²) in [6.07, 6.45) is 7.22. The Morgan fingerprint density at radius 2 is 1.41 bits per heavy atom. The van der Waals surface area contributed by atoms with Crippen LogP contribution in [0.15, 0.2) is 12.1 Å². The fourth-order valence-electron chi connectivity index (χ4n) is 5.55. The predicted molar refractivity (Wildman–Crippen MR) is 138 cm³/mol. The van der Waals surface area contributed by atoms with Crippen molar-refractivity contribution in [3.8, 4) is 5.75 Å². The summed E-state index contributed by atoms with van der Waals surface area (Å²) in [5, 5.41) is 0. The summed E-state index contributed by atoms with van der Waals surface area (Å²) in [6, 6.07) is 4.30. The van der Waals surface area contributed by atoms with Gasteiger partial charge in [0.25, 0.3) is 10.1 Å². The highest BCUT2D eigenvalue weighted by Crippen LogP contribution is 2.45. The van der Waals surface area contributed by atoms with Crippen LogP contribution in [0.2, 0.25) is 0 Å². The van der Waals surface area contributed by atoms with Crippen molar-refractivity contribution >= 4 is 45.6 Å². The Morgan fingerprint density at radius 1 is 0.882 bits per heavy atom. The zero-order chi connectivity index (χ0) is 24.9. The van der Waals surface area contributed by atoms with Gasteiger partial charge in [-0.15, -0.1) is 0 Å². The van der Waals surface area contributed by atoms with Crippen LogP contribution >= 0.6 is 0 Å². The van der Waals surface area contributed by atoms with E-state index in [2.05, 4.69) is 35.7 Å². The summed E-state index contributed by atoms with van der Waals surface area (Å²) < 4.78 is 41.5. The highest BCUT2D eigenvalue weighted by Gasteiger charge is 2.40. The van der Waals surface area contributed by atoms with E-state index >= 15 is 0 Å². The Hall–Kier alpha value is -1.74. The van der Waals surface area contributed by atoms with Gasteiger partial charge in [-0.2, -0.15) is 8.42 Å². The molecular weight excluding hydrogens is 453 g/mol. The average Bonchev–Trinajstić information content (AvgIpc) is 2.82. The van der Waals surface area contributed by atoms with Crippen molar-refractivity contribution in [2.24, 2.45) is 23.7 Å². The molecule has 34 heavy (non-hydrogen) atoms. The van der Waals surface area contributed by atoms with E-state index in [1.54, 1.807) is 0 Å². The van der Waals surface area contributed by atoms with Gasteiger partial charge in [0.05, 0.1) is 11.8 Å². The molecule has 0 spiro atoms. The highest BCUT2D eigenvalue weighted by atomic mass is 32.2. The Balaban J connectivity index is 1.57. The van der Waals surface area contributed by atoms with Crippen LogP contribution < -0.4 is 4.74 Å². The fourth-order valence-corrected chi connectivity index (χ4v) is 5.85. The van der Waals surface area contributed by atoms with Crippen molar-refractivity contribution in [3.63, 3.8) is 0 Å². The van der Waals surface area contributed by atoms with Gasteiger partial charge in [-0.25, -0.2) is 0 Å². The zero-order valence-electron chi connectivity index (χ0n) is 20.5. The molecule has 3 rings (SSSR count). The molecule has 2 aliphatic rings. The Morgan fingerprint density at radius 3 is 1.88 bits per heavy atom. The Labute approximate surface area is 205 Å². The van der Waals surface area contributed by atoms with Gasteiger partial charge in [-0.1, -0.05) is 36.7 Å². The molecule has 0 amide bonds. The van der Waals surface area contributed by atoms with Crippen LogP contribution in [0.4, 0.5) is 0 Å². The molecule has 1 aromatic carbocycles. The van der Waals surface area contributed by atoms with Gasteiger partial charge in [0.2, 0.25) is 0 Å². The van der Waals surface area contributed by atoms with Crippen LogP contribution in [0.25, 0.3) is 0 Å². The number of esters is 2. The fraction of sp³-hybridized carbons (Fsp3) is 0.652. The lowest BCUT2D eigenvalue weighted by Crippen LogP contribution is -2.37. The van der Waals surface area contributed by atoms with Crippen molar-refractivity contribution in [1.82, 2.24) is 0 Å². The molecule has 1 aromatic rings. The maximum absolute atomic E-state index is 13.1. The second-order valence-electron chi connectivity index (χ2n) is 9.72. The normalized spacial score (nSPS) is 24.7. The lowest BCUT2D eigenvalue weighted by Gasteiger charge is -2.40. The topological polar surface area (TPSA) is 107 Å². The number of rotatable bonds is 9. The van der Waals surface area contributed by atoms with Crippen LogP contribution in [0, 0.1) is 23.7 Å². The standard InChI is InChI=1S/C23H35B3O7S/c24-11-14-7-19(12-25)21(20(8-14)13-26)33-23(28)18-4-2-15-9-17(3-1-16(15)10-18)22(27)32-5-6-34(29,30)31/h7-8,15-18H,1-6,9-13,24-26H2,(H,29,30,31). The third kappa shape index (κ3) is 6.91. The smallest absolute Gasteiger partial charge is 0.314 e. The quantitative estimate of drug-likeness (QED) is 0.230. The van der Waals surface area contributed by atoms with Gasteiger partial charge in [0, 0.05) is 0 Å². The lowest BCUT2D eigenvalue weighted by atomic mass is 9.65. The number of ether oxygens (including phenoxy) is 2. The maximum Gasteiger partial charge on any atom is 0.314 e. The molecule has 11 heteroatoms. The minimum atomic E-state index is -4.14. The van der Waals surface area contributed by atoms with Gasteiger partial charge >= 0.3 is 11.9 Å². The summed E-state index contributed by atoms with van der Waals surface area (Å²) >= 11 is 0. The molecule has 1 N–H and O–H groups in total. The number of carbonyl (C=O) groups excluding carboxylic acids is 2. The minimum Gasteiger partial charge on any atom is -0.464 e. The van der Waals surface area contributed by atoms with Gasteiger partial charge in [-0.05, 0) is 61.5 Å². The average molecular weight is 488 g/mol. The highest BCUT2D eigenvalue weighted by molar-refractivity contribution is 7.85. The van der Waals surface area contributed by atoms with Gasteiger partial charge in [0.1, 0.15) is 41.6 Å². The molecule has 0 radical (unpaired) electrons. The number of hydrogen-bond donors (Lipinski definition) is 1. The zero-order valence-corrected chi connectivity index (χ0v) is 21.4. The second-order valence-corrected chi connectivity index (χ2v) is 11.3. The van der Waals surface area contributed by atoms with Crippen molar-refractivity contribution in [1.29, 1.82) is 0 Å². The van der Waals surface area contributed by atoms with Crippen molar-refractivity contribution < 1.29 is 32.0 Å².